The average Bonchev–Trinajstić information content (AvgIpc) is 2.69. The first-order chi connectivity index (χ1) is 14.5. The van der Waals surface area contributed by atoms with Crippen LogP contribution in [0.4, 0.5) is 0 Å². The summed E-state index contributed by atoms with van der Waals surface area (Å²) < 4.78 is 10.4. The Kier molecular flexibility index (Phi) is 11.0. The molecule has 12 heteroatoms. The van der Waals surface area contributed by atoms with Crippen LogP contribution in [0.25, 0.3) is 0 Å². The number of carboxylic acid groups (broad SMARTS) is 1. The van der Waals surface area contributed by atoms with E-state index >= 15 is 0 Å². The maximum Gasteiger partial charge on any atom is 0.307 e. The van der Waals surface area contributed by atoms with Gasteiger partial charge < -0.3 is 25.2 Å². The summed E-state index contributed by atoms with van der Waals surface area (Å²) in [5.74, 6) is -3.41. The van der Waals surface area contributed by atoms with Crippen LogP contribution >= 0.6 is 11.8 Å². The zero-order valence-corrected chi connectivity index (χ0v) is 18.4. The van der Waals surface area contributed by atoms with Crippen LogP contribution in [0.5, 0.6) is 0 Å². The molecule has 0 bridgehead atoms. The molecule has 1 aliphatic heterocycles. The first-order valence-electron chi connectivity index (χ1n) is 9.78. The van der Waals surface area contributed by atoms with E-state index in [-0.39, 0.29) is 50.0 Å². The number of thioether (sulfide) groups is 1. The molecule has 2 amide bonds. The molecule has 1 aliphatic rings. The van der Waals surface area contributed by atoms with Gasteiger partial charge in [-0.1, -0.05) is 25.6 Å². The van der Waals surface area contributed by atoms with Crippen molar-refractivity contribution in [3.63, 3.8) is 0 Å². The fraction of sp³-hybridized carbons (Fsp3) is 0.684. The third kappa shape index (κ3) is 10.8. The van der Waals surface area contributed by atoms with Gasteiger partial charge in [-0.15, -0.1) is 0 Å². The summed E-state index contributed by atoms with van der Waals surface area (Å²) >= 11 is 1.00. The van der Waals surface area contributed by atoms with E-state index in [1.807, 2.05) is 0 Å². The van der Waals surface area contributed by atoms with E-state index in [1.165, 1.54) is 13.8 Å². The standard InChI is InChI=1S/C19H28N2O9S/c1-19(2)11-29-14(25)5-6-16(27)31-10-9-20-12(22)7-8-21-18(28)17(19)30-15(26)4-3-13(23)24/h17H,3-11H2,1-2H3,(H,20,22)(H,21,28)(H,23,24)/t17-/m0/s1. The van der Waals surface area contributed by atoms with Crippen LogP contribution in [0.3, 0.4) is 0 Å². The van der Waals surface area contributed by atoms with Gasteiger partial charge in [0.2, 0.25) is 5.91 Å². The zero-order valence-electron chi connectivity index (χ0n) is 17.6. The lowest BCUT2D eigenvalue weighted by molar-refractivity contribution is -0.169. The molecular formula is C19H28N2O9S. The number of carbonyl (C=O) groups is 6. The summed E-state index contributed by atoms with van der Waals surface area (Å²) in [7, 11) is 0. The molecule has 0 radical (unpaired) electrons. The SMILES string of the molecule is CC1(C)COC(=O)CCC(=O)SCCNC(=O)CCNC(=O)[C@@H]1OC(=O)CCC(=O)O. The maximum atomic E-state index is 12.7. The van der Waals surface area contributed by atoms with Crippen molar-refractivity contribution in [2.75, 3.05) is 25.4 Å². The number of nitrogens with one attached hydrogen (secondary N) is 2. The minimum Gasteiger partial charge on any atom is -0.481 e. The molecule has 0 spiro atoms. The first-order valence-corrected chi connectivity index (χ1v) is 10.8. The molecule has 3 N–H and O–H groups in total. The van der Waals surface area contributed by atoms with Gasteiger partial charge in [0.25, 0.3) is 5.91 Å². The zero-order chi connectivity index (χ0) is 23.4. The van der Waals surface area contributed by atoms with Crippen molar-refractivity contribution in [2.24, 2.45) is 5.41 Å². The van der Waals surface area contributed by atoms with Gasteiger partial charge in [0, 0.05) is 37.1 Å². The third-order valence-corrected chi connectivity index (χ3v) is 5.15. The number of esters is 2. The summed E-state index contributed by atoms with van der Waals surface area (Å²) in [4.78, 5) is 71.0. The third-order valence-electron chi connectivity index (χ3n) is 4.22. The minimum atomic E-state index is -1.39. The fourth-order valence-electron chi connectivity index (χ4n) is 2.49. The highest BCUT2D eigenvalue weighted by molar-refractivity contribution is 8.13. The number of hydrogen-bond acceptors (Lipinski definition) is 9. The summed E-state index contributed by atoms with van der Waals surface area (Å²) in [6, 6.07) is 0. The maximum absolute atomic E-state index is 12.7. The number of carbonyl (C=O) groups excluding carboxylic acids is 5. The van der Waals surface area contributed by atoms with Crippen molar-refractivity contribution in [3.05, 3.63) is 0 Å². The second-order valence-electron chi connectivity index (χ2n) is 7.52. The summed E-state index contributed by atoms with van der Waals surface area (Å²) in [6.45, 7) is 3.02. The molecule has 174 valence electrons. The largest absolute Gasteiger partial charge is 0.481 e. The van der Waals surface area contributed by atoms with Crippen LogP contribution in [0.1, 0.15) is 46.0 Å². The Morgan fingerprint density at radius 1 is 1.10 bits per heavy atom. The highest BCUT2D eigenvalue weighted by atomic mass is 32.2. The predicted octanol–water partition coefficient (Wildman–Crippen LogP) is 0.00850. The number of aliphatic carboxylic acids is 1. The Hall–Kier alpha value is -2.63. The van der Waals surface area contributed by atoms with Gasteiger partial charge in [0.15, 0.2) is 11.2 Å². The number of rotatable bonds is 4. The van der Waals surface area contributed by atoms with Gasteiger partial charge in [0.05, 0.1) is 19.3 Å². The number of ether oxygens (including phenoxy) is 2. The second-order valence-corrected chi connectivity index (χ2v) is 8.68. The van der Waals surface area contributed by atoms with Crippen LogP contribution in [-0.4, -0.2) is 71.5 Å². The van der Waals surface area contributed by atoms with Crippen molar-refractivity contribution < 1.29 is 43.3 Å². The minimum absolute atomic E-state index is 0.0283. The molecule has 0 aromatic heterocycles. The van der Waals surface area contributed by atoms with Gasteiger partial charge in [-0.25, -0.2) is 0 Å². The van der Waals surface area contributed by atoms with Crippen LogP contribution in [0.2, 0.25) is 0 Å². The molecule has 1 fully saturated rings. The van der Waals surface area contributed by atoms with Gasteiger partial charge >= 0.3 is 17.9 Å². The quantitative estimate of drug-likeness (QED) is 0.486. The fourth-order valence-corrected chi connectivity index (χ4v) is 3.17. The molecule has 1 heterocycles. The smallest absolute Gasteiger partial charge is 0.307 e. The van der Waals surface area contributed by atoms with E-state index < -0.39 is 48.2 Å². The van der Waals surface area contributed by atoms with Crippen molar-refractivity contribution in [1.29, 1.82) is 0 Å². The number of cyclic esters (lactones) is 1. The van der Waals surface area contributed by atoms with Crippen LogP contribution < -0.4 is 10.6 Å². The van der Waals surface area contributed by atoms with E-state index in [2.05, 4.69) is 10.6 Å². The Morgan fingerprint density at radius 2 is 1.81 bits per heavy atom. The first kappa shape index (κ1) is 26.4. The van der Waals surface area contributed by atoms with Crippen molar-refractivity contribution >= 4 is 46.6 Å². The highest BCUT2D eigenvalue weighted by Crippen LogP contribution is 2.25. The molecule has 0 aliphatic carbocycles. The lowest BCUT2D eigenvalue weighted by Crippen LogP contribution is -2.49. The van der Waals surface area contributed by atoms with E-state index in [1.54, 1.807) is 0 Å². The van der Waals surface area contributed by atoms with Gasteiger partial charge in [-0.3, -0.25) is 28.8 Å². The monoisotopic (exact) mass is 460 g/mol. The van der Waals surface area contributed by atoms with E-state index in [0.29, 0.717) is 5.75 Å². The molecule has 31 heavy (non-hydrogen) atoms. The Labute approximate surface area is 184 Å². The van der Waals surface area contributed by atoms with Crippen molar-refractivity contribution in [2.45, 2.75) is 52.1 Å². The van der Waals surface area contributed by atoms with Crippen molar-refractivity contribution in [3.8, 4) is 0 Å². The molecule has 0 aromatic carbocycles. The number of hydrogen-bond donors (Lipinski definition) is 3. The van der Waals surface area contributed by atoms with E-state index in [0.717, 1.165) is 11.8 Å². The molecule has 1 atom stereocenters. The van der Waals surface area contributed by atoms with Gasteiger partial charge in [0.1, 0.15) is 6.61 Å². The summed E-state index contributed by atoms with van der Waals surface area (Å²) in [5.41, 5.74) is -1.16. The Morgan fingerprint density at radius 3 is 2.48 bits per heavy atom. The molecular weight excluding hydrogens is 432 g/mol. The average molecular weight is 461 g/mol. The summed E-state index contributed by atoms with van der Waals surface area (Å²) in [5, 5.41) is 13.6. The second kappa shape index (κ2) is 12.9. The topological polar surface area (TPSA) is 165 Å². The van der Waals surface area contributed by atoms with E-state index in [4.69, 9.17) is 14.6 Å². The molecule has 0 saturated carbocycles. The summed E-state index contributed by atoms with van der Waals surface area (Å²) in [6.07, 6.45) is -2.50. The van der Waals surface area contributed by atoms with Crippen LogP contribution in [-0.2, 0) is 38.2 Å². The number of carboxylic acids is 1. The molecule has 1 rings (SSSR count). The Bertz CT molecular complexity index is 708. The molecule has 11 nitrogen and oxygen atoms in total. The number of amides is 2. The molecule has 0 aromatic rings. The lowest BCUT2D eigenvalue weighted by Gasteiger charge is -2.32. The van der Waals surface area contributed by atoms with Gasteiger partial charge in [-0.2, -0.15) is 0 Å². The van der Waals surface area contributed by atoms with Gasteiger partial charge in [-0.05, 0) is 0 Å². The highest BCUT2D eigenvalue weighted by Gasteiger charge is 2.40. The normalized spacial score (nSPS) is 21.8. The lowest BCUT2D eigenvalue weighted by atomic mass is 9.86. The predicted molar refractivity (Wildman–Crippen MR) is 109 cm³/mol. The van der Waals surface area contributed by atoms with Crippen LogP contribution in [0.15, 0.2) is 0 Å². The molecule has 1 saturated heterocycles. The van der Waals surface area contributed by atoms with Crippen LogP contribution in [0, 0.1) is 5.41 Å². The van der Waals surface area contributed by atoms with E-state index in [9.17, 15) is 28.8 Å². The Balaban J connectivity index is 2.92. The molecule has 0 unspecified atom stereocenters. The van der Waals surface area contributed by atoms with Crippen molar-refractivity contribution in [1.82, 2.24) is 10.6 Å².